The minimum atomic E-state index is -0.0453. The predicted molar refractivity (Wildman–Crippen MR) is 67.9 cm³/mol. The van der Waals surface area contributed by atoms with Crippen molar-refractivity contribution >= 4 is 11.6 Å². The van der Waals surface area contributed by atoms with E-state index < -0.39 is 0 Å². The lowest BCUT2D eigenvalue weighted by molar-refractivity contribution is 0.560. The maximum Gasteiger partial charge on any atom is 0.147 e. The Bertz CT molecular complexity index is 543. The average Bonchev–Trinajstić information content (AvgIpc) is 2.72. The van der Waals surface area contributed by atoms with E-state index in [0.29, 0.717) is 17.3 Å². The second-order valence-electron chi connectivity index (χ2n) is 5.15. The number of hydrogen-bond acceptors (Lipinski definition) is 4. The van der Waals surface area contributed by atoms with E-state index in [4.69, 9.17) is 11.5 Å². The fourth-order valence-corrected chi connectivity index (χ4v) is 1.55. The molecule has 0 fully saturated rings. The lowest BCUT2D eigenvalue weighted by atomic mass is 9.92. The largest absolute Gasteiger partial charge is 0.384 e. The van der Waals surface area contributed by atoms with E-state index in [-0.39, 0.29) is 5.41 Å². The van der Waals surface area contributed by atoms with Crippen LogP contribution in [0.4, 0.5) is 11.6 Å². The van der Waals surface area contributed by atoms with Gasteiger partial charge in [0.15, 0.2) is 0 Å². The zero-order valence-electron chi connectivity index (χ0n) is 10.6. The molecule has 2 aromatic heterocycles. The third-order valence-electron chi connectivity index (χ3n) is 2.70. The summed E-state index contributed by atoms with van der Waals surface area (Å²) in [7, 11) is 1.78. The zero-order chi connectivity index (χ0) is 12.8. The lowest BCUT2D eigenvalue weighted by Crippen LogP contribution is -2.13. The van der Waals surface area contributed by atoms with Crippen molar-refractivity contribution in [3.8, 4) is 5.69 Å². The highest BCUT2D eigenvalue weighted by Gasteiger charge is 2.20. The van der Waals surface area contributed by atoms with Crippen LogP contribution in [0.1, 0.15) is 26.5 Å². The molecule has 0 radical (unpaired) electrons. The van der Waals surface area contributed by atoms with Gasteiger partial charge in [-0.15, -0.1) is 0 Å². The molecule has 0 saturated carbocycles. The molecule has 92 valence electrons. The quantitative estimate of drug-likeness (QED) is 0.772. The Kier molecular flexibility index (Phi) is 2.38. The van der Waals surface area contributed by atoms with Crippen molar-refractivity contribution in [3.63, 3.8) is 0 Å². The molecular formula is C11H18N6. The van der Waals surface area contributed by atoms with Crippen LogP contribution in [0, 0.1) is 0 Å². The van der Waals surface area contributed by atoms with E-state index in [9.17, 15) is 0 Å². The minimum absolute atomic E-state index is 0.0453. The smallest absolute Gasteiger partial charge is 0.147 e. The van der Waals surface area contributed by atoms with Crippen LogP contribution in [0.15, 0.2) is 12.3 Å². The Labute approximate surface area is 100 Å². The molecule has 0 aliphatic rings. The number of rotatable bonds is 1. The van der Waals surface area contributed by atoms with Gasteiger partial charge in [0.2, 0.25) is 0 Å². The summed E-state index contributed by atoms with van der Waals surface area (Å²) in [5, 5.41) is 8.56. The van der Waals surface area contributed by atoms with Crippen molar-refractivity contribution in [3.05, 3.63) is 18.0 Å². The summed E-state index contributed by atoms with van der Waals surface area (Å²) in [4.78, 5) is 0. The first-order valence-corrected chi connectivity index (χ1v) is 5.44. The number of nitrogens with zero attached hydrogens (tertiary/aromatic N) is 4. The molecule has 6 nitrogen and oxygen atoms in total. The van der Waals surface area contributed by atoms with Gasteiger partial charge in [0.1, 0.15) is 17.3 Å². The molecule has 0 bridgehead atoms. The van der Waals surface area contributed by atoms with Gasteiger partial charge < -0.3 is 11.5 Å². The summed E-state index contributed by atoms with van der Waals surface area (Å²) in [6, 6.07) is 1.87. The third-order valence-corrected chi connectivity index (χ3v) is 2.70. The van der Waals surface area contributed by atoms with Gasteiger partial charge in [-0.3, -0.25) is 4.68 Å². The predicted octanol–water partition coefficient (Wildman–Crippen LogP) is 1.07. The normalized spacial score (nSPS) is 12.0. The molecule has 0 unspecified atom stereocenters. The van der Waals surface area contributed by atoms with Crippen LogP contribution >= 0.6 is 0 Å². The Morgan fingerprint density at radius 1 is 1.24 bits per heavy atom. The highest BCUT2D eigenvalue weighted by Crippen LogP contribution is 2.26. The van der Waals surface area contributed by atoms with E-state index in [1.165, 1.54) is 0 Å². The van der Waals surface area contributed by atoms with Gasteiger partial charge >= 0.3 is 0 Å². The highest BCUT2D eigenvalue weighted by molar-refractivity contribution is 5.55. The number of nitrogen functional groups attached to an aromatic ring is 2. The minimum Gasteiger partial charge on any atom is -0.384 e. The highest BCUT2D eigenvalue weighted by atomic mass is 15.4. The third kappa shape index (κ3) is 1.86. The molecule has 4 N–H and O–H groups in total. The first kappa shape index (κ1) is 11.5. The van der Waals surface area contributed by atoms with E-state index in [2.05, 4.69) is 31.0 Å². The molecule has 0 saturated heterocycles. The maximum atomic E-state index is 5.96. The molecule has 0 aliphatic carbocycles. The second kappa shape index (κ2) is 3.51. The standard InChI is InChI=1S/C11H18N6/c1-11(2,3)8-5-9(12)17(15-8)7-6-14-16(4)10(7)13/h5-6H,12-13H2,1-4H3. The number of anilines is 2. The lowest BCUT2D eigenvalue weighted by Gasteiger charge is -2.13. The van der Waals surface area contributed by atoms with Crippen LogP contribution in [-0.4, -0.2) is 19.6 Å². The molecule has 17 heavy (non-hydrogen) atoms. The van der Waals surface area contributed by atoms with Crippen molar-refractivity contribution in [1.29, 1.82) is 0 Å². The SMILES string of the molecule is Cn1ncc(-n2nc(C(C)(C)C)cc2N)c1N. The Morgan fingerprint density at radius 3 is 2.29 bits per heavy atom. The molecule has 2 aromatic rings. The van der Waals surface area contributed by atoms with Gasteiger partial charge in [-0.1, -0.05) is 20.8 Å². The molecular weight excluding hydrogens is 216 g/mol. The Morgan fingerprint density at radius 2 is 1.88 bits per heavy atom. The molecule has 0 spiro atoms. The summed E-state index contributed by atoms with van der Waals surface area (Å²) in [5.74, 6) is 1.11. The first-order chi connectivity index (χ1) is 7.80. The van der Waals surface area contributed by atoms with Crippen LogP contribution in [-0.2, 0) is 12.5 Å². The summed E-state index contributed by atoms with van der Waals surface area (Å²) < 4.78 is 3.22. The van der Waals surface area contributed by atoms with Crippen LogP contribution < -0.4 is 11.5 Å². The number of nitrogens with two attached hydrogens (primary N) is 2. The molecule has 0 atom stereocenters. The van der Waals surface area contributed by atoms with Gasteiger partial charge in [0.25, 0.3) is 0 Å². The molecule has 0 amide bonds. The molecule has 6 heteroatoms. The molecule has 2 heterocycles. The molecule has 2 rings (SSSR count). The van der Waals surface area contributed by atoms with Crippen molar-refractivity contribution in [1.82, 2.24) is 19.6 Å². The first-order valence-electron chi connectivity index (χ1n) is 5.44. The van der Waals surface area contributed by atoms with Crippen LogP contribution in [0.5, 0.6) is 0 Å². The van der Waals surface area contributed by atoms with Crippen molar-refractivity contribution in [2.75, 3.05) is 11.5 Å². The zero-order valence-corrected chi connectivity index (χ0v) is 10.6. The molecule has 0 aromatic carbocycles. The van der Waals surface area contributed by atoms with Gasteiger partial charge in [0.05, 0.1) is 11.9 Å². The second-order valence-corrected chi connectivity index (χ2v) is 5.15. The van der Waals surface area contributed by atoms with Crippen molar-refractivity contribution in [2.45, 2.75) is 26.2 Å². The maximum absolute atomic E-state index is 5.96. The Hall–Kier alpha value is -1.98. The average molecular weight is 234 g/mol. The van der Waals surface area contributed by atoms with Crippen LogP contribution in [0.3, 0.4) is 0 Å². The molecule has 0 aliphatic heterocycles. The Balaban J connectivity index is 2.54. The van der Waals surface area contributed by atoms with Crippen molar-refractivity contribution < 1.29 is 0 Å². The number of hydrogen-bond donors (Lipinski definition) is 2. The van der Waals surface area contributed by atoms with Crippen LogP contribution in [0.25, 0.3) is 5.69 Å². The van der Waals surface area contributed by atoms with E-state index in [0.717, 1.165) is 5.69 Å². The fraction of sp³-hybridized carbons (Fsp3) is 0.455. The monoisotopic (exact) mass is 234 g/mol. The van der Waals surface area contributed by atoms with Gasteiger partial charge in [-0.05, 0) is 0 Å². The van der Waals surface area contributed by atoms with Gasteiger partial charge in [0, 0.05) is 18.5 Å². The fourth-order valence-electron chi connectivity index (χ4n) is 1.55. The van der Waals surface area contributed by atoms with E-state index >= 15 is 0 Å². The summed E-state index contributed by atoms with van der Waals surface area (Å²) in [5.41, 5.74) is 13.5. The summed E-state index contributed by atoms with van der Waals surface area (Å²) in [6.07, 6.45) is 1.66. The van der Waals surface area contributed by atoms with Gasteiger partial charge in [-0.25, -0.2) is 4.68 Å². The van der Waals surface area contributed by atoms with Gasteiger partial charge in [-0.2, -0.15) is 10.2 Å². The van der Waals surface area contributed by atoms with Crippen LogP contribution in [0.2, 0.25) is 0 Å². The topological polar surface area (TPSA) is 87.7 Å². The van der Waals surface area contributed by atoms with E-state index in [1.807, 2.05) is 6.07 Å². The van der Waals surface area contributed by atoms with E-state index in [1.54, 1.807) is 22.6 Å². The summed E-state index contributed by atoms with van der Waals surface area (Å²) >= 11 is 0. The van der Waals surface area contributed by atoms with Crippen molar-refractivity contribution in [2.24, 2.45) is 7.05 Å². The summed E-state index contributed by atoms with van der Waals surface area (Å²) in [6.45, 7) is 6.27. The number of aromatic nitrogens is 4. The number of aryl methyl sites for hydroxylation is 1.